The van der Waals surface area contributed by atoms with Crippen molar-refractivity contribution < 1.29 is 29.3 Å². The zero-order chi connectivity index (χ0) is 16.6. The van der Waals surface area contributed by atoms with Crippen molar-refractivity contribution in [1.29, 1.82) is 0 Å². The summed E-state index contributed by atoms with van der Waals surface area (Å²) in [6, 6.07) is 0. The second-order valence-electron chi connectivity index (χ2n) is 4.62. The van der Waals surface area contributed by atoms with Gasteiger partial charge in [-0.25, -0.2) is 0 Å². The second kappa shape index (κ2) is 17.4. The Labute approximate surface area is 121 Å². The zero-order valence-electron chi connectivity index (χ0n) is 13.1. The van der Waals surface area contributed by atoms with Gasteiger partial charge in [-0.2, -0.15) is 0 Å². The summed E-state index contributed by atoms with van der Waals surface area (Å²) in [5.74, 6) is -1.04. The minimum Gasteiger partial charge on any atom is -0.481 e. The third-order valence-electron chi connectivity index (χ3n) is 1.73. The molecule has 0 unspecified atom stereocenters. The molecule has 6 nitrogen and oxygen atoms in total. The van der Waals surface area contributed by atoms with E-state index in [0.29, 0.717) is 6.61 Å². The highest BCUT2D eigenvalue weighted by molar-refractivity contribution is 5.65. The molecular formula is C14H28O6. The summed E-state index contributed by atoms with van der Waals surface area (Å²) < 4.78 is 4.81. The second-order valence-corrected chi connectivity index (χ2v) is 4.62. The number of carbonyl (C=O) groups is 3. The first-order chi connectivity index (χ1) is 9.09. The van der Waals surface area contributed by atoms with Crippen molar-refractivity contribution in [2.75, 3.05) is 6.61 Å². The fraction of sp³-hybridized carbons (Fsp3) is 0.786. The van der Waals surface area contributed by atoms with Crippen LogP contribution in [0.25, 0.3) is 0 Å². The molecule has 0 saturated carbocycles. The Kier molecular flexibility index (Phi) is 20.5. The van der Waals surface area contributed by atoms with Gasteiger partial charge in [0.15, 0.2) is 0 Å². The fourth-order valence-electron chi connectivity index (χ4n) is 1.05. The maximum absolute atomic E-state index is 10.4. The van der Waals surface area contributed by atoms with Gasteiger partial charge in [0.1, 0.15) is 0 Å². The molecule has 0 aliphatic rings. The average molecular weight is 292 g/mol. The van der Waals surface area contributed by atoms with Crippen LogP contribution in [0.2, 0.25) is 0 Å². The predicted octanol–water partition coefficient (Wildman–Crippen LogP) is 2.95. The molecule has 0 radical (unpaired) electrons. The highest BCUT2D eigenvalue weighted by Gasteiger charge is 1.95. The van der Waals surface area contributed by atoms with Crippen molar-refractivity contribution in [2.45, 2.75) is 60.3 Å². The van der Waals surface area contributed by atoms with Crippen LogP contribution >= 0.6 is 0 Å². The lowest BCUT2D eigenvalue weighted by molar-refractivity contribution is -0.141. The van der Waals surface area contributed by atoms with Gasteiger partial charge in [0.05, 0.1) is 6.61 Å². The van der Waals surface area contributed by atoms with E-state index in [1.807, 2.05) is 0 Å². The van der Waals surface area contributed by atoms with Gasteiger partial charge in [-0.05, 0) is 12.3 Å². The lowest BCUT2D eigenvalue weighted by atomic mass is 10.1. The molecule has 0 fully saturated rings. The summed E-state index contributed by atoms with van der Waals surface area (Å²) in [4.78, 5) is 28.4. The lowest BCUT2D eigenvalue weighted by Crippen LogP contribution is -2.00. The van der Waals surface area contributed by atoms with Gasteiger partial charge in [-0.15, -0.1) is 0 Å². The Morgan fingerprint density at radius 2 is 1.30 bits per heavy atom. The topological polar surface area (TPSA) is 101 Å². The first-order valence-electron chi connectivity index (χ1n) is 6.62. The van der Waals surface area contributed by atoms with Crippen LogP contribution in [0.15, 0.2) is 0 Å². The van der Waals surface area contributed by atoms with Crippen LogP contribution in [-0.4, -0.2) is 34.7 Å². The lowest BCUT2D eigenvalue weighted by Gasteiger charge is -2.04. The number of hydrogen-bond acceptors (Lipinski definition) is 4. The van der Waals surface area contributed by atoms with Crippen molar-refractivity contribution in [1.82, 2.24) is 0 Å². The standard InChI is InChI=1S/C10H20O2.2C2H4O2/c1-9(2)7-5-4-6-8-12-10(3)11;2*1-2(3)4/h9H,4-8H2,1-3H3;2*1H3,(H,3,4). The molecule has 2 N–H and O–H groups in total. The van der Waals surface area contributed by atoms with Crippen LogP contribution in [0.1, 0.15) is 60.3 Å². The Morgan fingerprint density at radius 1 is 0.900 bits per heavy atom. The number of carboxylic acid groups (broad SMARTS) is 2. The number of esters is 1. The minimum atomic E-state index is -0.833. The van der Waals surface area contributed by atoms with Crippen LogP contribution < -0.4 is 0 Å². The van der Waals surface area contributed by atoms with E-state index in [-0.39, 0.29) is 5.97 Å². The van der Waals surface area contributed by atoms with E-state index in [1.54, 1.807) is 0 Å². The molecule has 0 aliphatic heterocycles. The van der Waals surface area contributed by atoms with Crippen LogP contribution in [0.3, 0.4) is 0 Å². The number of hydrogen-bond donors (Lipinski definition) is 2. The van der Waals surface area contributed by atoms with Gasteiger partial charge < -0.3 is 14.9 Å². The number of aliphatic carboxylic acids is 2. The summed E-state index contributed by atoms with van der Waals surface area (Å²) in [6.45, 7) is 8.67. The largest absolute Gasteiger partial charge is 0.481 e. The maximum Gasteiger partial charge on any atom is 0.302 e. The molecule has 0 aromatic rings. The SMILES string of the molecule is CC(=O)O.CC(=O)O.CC(=O)OCCCCCC(C)C. The molecule has 0 heterocycles. The van der Waals surface area contributed by atoms with Crippen LogP contribution in [0.5, 0.6) is 0 Å². The van der Waals surface area contributed by atoms with Crippen LogP contribution in [0.4, 0.5) is 0 Å². The Hall–Kier alpha value is -1.59. The summed E-state index contributed by atoms with van der Waals surface area (Å²) in [7, 11) is 0. The number of carbonyl (C=O) groups excluding carboxylic acids is 1. The van der Waals surface area contributed by atoms with Gasteiger partial charge in [0, 0.05) is 20.8 Å². The highest BCUT2D eigenvalue weighted by atomic mass is 16.5. The van der Waals surface area contributed by atoms with E-state index in [1.165, 1.54) is 26.2 Å². The minimum absolute atomic E-state index is 0.168. The molecule has 0 bridgehead atoms. The average Bonchev–Trinajstić information content (AvgIpc) is 2.20. The zero-order valence-corrected chi connectivity index (χ0v) is 13.1. The number of rotatable bonds is 6. The van der Waals surface area contributed by atoms with Gasteiger partial charge >= 0.3 is 5.97 Å². The molecule has 0 aliphatic carbocycles. The molecule has 0 rings (SSSR count). The van der Waals surface area contributed by atoms with Crippen molar-refractivity contribution >= 4 is 17.9 Å². The van der Waals surface area contributed by atoms with E-state index >= 15 is 0 Å². The molecule has 0 atom stereocenters. The normalized spacial score (nSPS) is 8.70. The highest BCUT2D eigenvalue weighted by Crippen LogP contribution is 2.07. The third kappa shape index (κ3) is 71.0. The molecule has 20 heavy (non-hydrogen) atoms. The molecule has 0 saturated heterocycles. The first kappa shape index (κ1) is 23.5. The molecule has 120 valence electrons. The van der Waals surface area contributed by atoms with E-state index in [9.17, 15) is 4.79 Å². The van der Waals surface area contributed by atoms with Crippen molar-refractivity contribution in [3.63, 3.8) is 0 Å². The Morgan fingerprint density at radius 3 is 1.60 bits per heavy atom. The number of carboxylic acids is 2. The van der Waals surface area contributed by atoms with Crippen molar-refractivity contribution in [3.05, 3.63) is 0 Å². The van der Waals surface area contributed by atoms with Gasteiger partial charge in [0.25, 0.3) is 11.9 Å². The first-order valence-corrected chi connectivity index (χ1v) is 6.62. The monoisotopic (exact) mass is 292 g/mol. The van der Waals surface area contributed by atoms with Crippen molar-refractivity contribution in [2.24, 2.45) is 5.92 Å². The molecule has 0 spiro atoms. The molecule has 0 amide bonds. The maximum atomic E-state index is 10.4. The number of ether oxygens (including phenoxy) is 1. The van der Waals surface area contributed by atoms with Crippen LogP contribution in [-0.2, 0) is 19.1 Å². The Balaban J connectivity index is -0.000000297. The van der Waals surface area contributed by atoms with Gasteiger partial charge in [-0.1, -0.05) is 33.1 Å². The third-order valence-corrected chi connectivity index (χ3v) is 1.73. The Bertz CT molecular complexity index is 240. The van der Waals surface area contributed by atoms with E-state index in [2.05, 4.69) is 13.8 Å². The summed E-state index contributed by atoms with van der Waals surface area (Å²) in [6.07, 6.45) is 4.71. The van der Waals surface area contributed by atoms with Gasteiger partial charge in [-0.3, -0.25) is 14.4 Å². The summed E-state index contributed by atoms with van der Waals surface area (Å²) in [5.41, 5.74) is 0. The quantitative estimate of drug-likeness (QED) is 0.576. The summed E-state index contributed by atoms with van der Waals surface area (Å²) >= 11 is 0. The van der Waals surface area contributed by atoms with E-state index in [4.69, 9.17) is 24.5 Å². The van der Waals surface area contributed by atoms with E-state index in [0.717, 1.165) is 26.2 Å². The number of unbranched alkanes of at least 4 members (excludes halogenated alkanes) is 2. The predicted molar refractivity (Wildman–Crippen MR) is 76.6 cm³/mol. The van der Waals surface area contributed by atoms with Crippen LogP contribution in [0, 0.1) is 5.92 Å². The molecule has 0 aromatic carbocycles. The molecule has 6 heteroatoms. The van der Waals surface area contributed by atoms with Gasteiger partial charge in [0.2, 0.25) is 0 Å². The van der Waals surface area contributed by atoms with Crippen molar-refractivity contribution in [3.8, 4) is 0 Å². The summed E-state index contributed by atoms with van der Waals surface area (Å²) in [5, 5.41) is 14.8. The fourth-order valence-corrected chi connectivity index (χ4v) is 1.05. The molecule has 0 aromatic heterocycles. The molecular weight excluding hydrogens is 264 g/mol. The van der Waals surface area contributed by atoms with E-state index < -0.39 is 11.9 Å². The smallest absolute Gasteiger partial charge is 0.302 e.